The molecule has 1 aliphatic heterocycles. The lowest BCUT2D eigenvalue weighted by Gasteiger charge is -2.16. The first-order chi connectivity index (χ1) is 15.8. The highest BCUT2D eigenvalue weighted by Crippen LogP contribution is 2.36. The number of hydrogen-bond donors (Lipinski definition) is 0. The number of hydrogen-bond acceptors (Lipinski definition) is 7. The van der Waals surface area contributed by atoms with E-state index in [0.717, 1.165) is 37.1 Å². The van der Waals surface area contributed by atoms with Crippen LogP contribution in [0.25, 0.3) is 20.7 Å². The first kappa shape index (κ1) is 22.3. The SMILES string of the molecule is Cc1cc(C(=O)CSc2ncnc3sc(-c4ccccc4)cc23)c(C)n1[C@@H]1CCS(=O)(=O)C1. The zero-order chi connectivity index (χ0) is 23.2. The summed E-state index contributed by atoms with van der Waals surface area (Å²) >= 11 is 3.03. The largest absolute Gasteiger partial charge is 0.344 e. The monoisotopic (exact) mass is 497 g/mol. The van der Waals surface area contributed by atoms with Crippen molar-refractivity contribution in [3.8, 4) is 10.4 Å². The Bertz CT molecular complexity index is 1460. The van der Waals surface area contributed by atoms with Crippen LogP contribution in [0.3, 0.4) is 0 Å². The molecule has 0 bridgehead atoms. The molecule has 6 nitrogen and oxygen atoms in total. The standard InChI is InChI=1S/C24H23N3O3S3/c1-15-10-19(16(2)27(15)18-8-9-33(29,30)13-18)21(28)12-31-23-20-11-22(17-6-4-3-5-7-17)32-24(20)26-14-25-23/h3-7,10-11,14,18H,8-9,12-13H2,1-2H3/t18-/m1/s1. The Balaban J connectivity index is 1.37. The summed E-state index contributed by atoms with van der Waals surface area (Å²) in [5, 5.41) is 1.75. The summed E-state index contributed by atoms with van der Waals surface area (Å²) in [6.07, 6.45) is 2.15. The van der Waals surface area contributed by atoms with Crippen molar-refractivity contribution in [1.29, 1.82) is 0 Å². The maximum Gasteiger partial charge on any atom is 0.174 e. The molecule has 4 aromatic rings. The van der Waals surface area contributed by atoms with E-state index in [2.05, 4.69) is 28.2 Å². The summed E-state index contributed by atoms with van der Waals surface area (Å²) in [4.78, 5) is 24.0. The molecule has 1 saturated heterocycles. The molecule has 3 aromatic heterocycles. The average Bonchev–Trinajstić information content (AvgIpc) is 3.47. The van der Waals surface area contributed by atoms with Crippen LogP contribution in [0.1, 0.15) is 34.2 Å². The van der Waals surface area contributed by atoms with E-state index in [4.69, 9.17) is 0 Å². The van der Waals surface area contributed by atoms with E-state index in [1.54, 1.807) is 17.7 Å². The van der Waals surface area contributed by atoms with Crippen molar-refractivity contribution < 1.29 is 13.2 Å². The molecular weight excluding hydrogens is 474 g/mol. The van der Waals surface area contributed by atoms with E-state index in [1.807, 2.05) is 42.7 Å². The van der Waals surface area contributed by atoms with Gasteiger partial charge in [0, 0.05) is 33.3 Å². The Labute approximate surface area is 201 Å². The van der Waals surface area contributed by atoms with Gasteiger partial charge in [-0.25, -0.2) is 18.4 Å². The van der Waals surface area contributed by atoms with Crippen LogP contribution in [0.4, 0.5) is 0 Å². The van der Waals surface area contributed by atoms with Crippen molar-refractivity contribution in [3.05, 3.63) is 65.7 Å². The van der Waals surface area contributed by atoms with Crippen molar-refractivity contribution >= 4 is 48.9 Å². The fraction of sp³-hybridized carbons (Fsp3) is 0.292. The van der Waals surface area contributed by atoms with E-state index < -0.39 is 9.84 Å². The van der Waals surface area contributed by atoms with Gasteiger partial charge in [0.25, 0.3) is 0 Å². The first-order valence-corrected chi connectivity index (χ1v) is 14.3. The van der Waals surface area contributed by atoms with Gasteiger partial charge >= 0.3 is 0 Å². The highest BCUT2D eigenvalue weighted by molar-refractivity contribution is 8.00. The third kappa shape index (κ3) is 4.37. The minimum Gasteiger partial charge on any atom is -0.344 e. The first-order valence-electron chi connectivity index (χ1n) is 10.7. The molecule has 9 heteroatoms. The minimum absolute atomic E-state index is 0.0190. The molecule has 0 amide bonds. The number of Topliss-reactive ketones (excluding diaryl/α,β-unsaturated/α-hetero) is 1. The molecule has 0 unspecified atom stereocenters. The van der Waals surface area contributed by atoms with Crippen LogP contribution in [-0.4, -0.2) is 46.0 Å². The zero-order valence-electron chi connectivity index (χ0n) is 18.3. The van der Waals surface area contributed by atoms with Gasteiger partial charge in [-0.05, 0) is 38.0 Å². The van der Waals surface area contributed by atoms with Gasteiger partial charge < -0.3 is 4.57 Å². The molecule has 33 heavy (non-hydrogen) atoms. The predicted octanol–water partition coefficient (Wildman–Crippen LogP) is 5.11. The summed E-state index contributed by atoms with van der Waals surface area (Å²) in [6.45, 7) is 3.84. The summed E-state index contributed by atoms with van der Waals surface area (Å²) in [5.74, 6) is 0.636. The van der Waals surface area contributed by atoms with Crippen molar-refractivity contribution in [2.45, 2.75) is 31.3 Å². The Morgan fingerprint density at radius 2 is 1.97 bits per heavy atom. The quantitative estimate of drug-likeness (QED) is 0.209. The number of thiophene rings is 1. The van der Waals surface area contributed by atoms with E-state index in [1.165, 1.54) is 11.8 Å². The normalized spacial score (nSPS) is 17.6. The Kier molecular flexibility index (Phi) is 5.88. The summed E-state index contributed by atoms with van der Waals surface area (Å²) in [5.41, 5.74) is 3.56. The maximum absolute atomic E-state index is 13.1. The van der Waals surface area contributed by atoms with Crippen LogP contribution < -0.4 is 0 Å². The highest BCUT2D eigenvalue weighted by Gasteiger charge is 2.31. The van der Waals surface area contributed by atoms with Crippen molar-refractivity contribution in [2.24, 2.45) is 0 Å². The number of carbonyl (C=O) groups excluding carboxylic acids is 1. The van der Waals surface area contributed by atoms with Crippen molar-refractivity contribution in [2.75, 3.05) is 17.3 Å². The molecule has 0 saturated carbocycles. The number of rotatable bonds is 6. The number of fused-ring (bicyclic) bond motifs is 1. The molecule has 170 valence electrons. The van der Waals surface area contributed by atoms with Gasteiger partial charge in [-0.15, -0.1) is 11.3 Å². The lowest BCUT2D eigenvalue weighted by Crippen LogP contribution is -2.14. The molecule has 4 heterocycles. The van der Waals surface area contributed by atoms with Crippen molar-refractivity contribution in [3.63, 3.8) is 0 Å². The molecule has 0 aliphatic carbocycles. The third-order valence-electron chi connectivity index (χ3n) is 6.05. The van der Waals surface area contributed by atoms with Crippen LogP contribution in [0, 0.1) is 13.8 Å². The average molecular weight is 498 g/mol. The molecule has 5 rings (SSSR count). The number of aromatic nitrogens is 3. The van der Waals surface area contributed by atoms with Gasteiger partial charge in [-0.1, -0.05) is 42.1 Å². The van der Waals surface area contributed by atoms with E-state index in [9.17, 15) is 13.2 Å². The Morgan fingerprint density at radius 1 is 1.18 bits per heavy atom. The van der Waals surface area contributed by atoms with Crippen LogP contribution in [0.2, 0.25) is 0 Å². The lowest BCUT2D eigenvalue weighted by molar-refractivity contribution is 0.102. The Morgan fingerprint density at radius 3 is 2.70 bits per heavy atom. The number of nitrogens with zero attached hydrogens (tertiary/aromatic N) is 3. The van der Waals surface area contributed by atoms with E-state index in [-0.39, 0.29) is 29.1 Å². The predicted molar refractivity (Wildman–Crippen MR) is 134 cm³/mol. The van der Waals surface area contributed by atoms with Gasteiger partial charge in [0.1, 0.15) is 16.2 Å². The van der Waals surface area contributed by atoms with Gasteiger partial charge in [-0.2, -0.15) is 0 Å². The van der Waals surface area contributed by atoms with Gasteiger partial charge in [0.2, 0.25) is 0 Å². The van der Waals surface area contributed by atoms with Gasteiger partial charge in [0.05, 0.1) is 17.3 Å². The van der Waals surface area contributed by atoms with E-state index in [0.29, 0.717) is 12.0 Å². The van der Waals surface area contributed by atoms with Crippen LogP contribution >= 0.6 is 23.1 Å². The number of ketones is 1. The highest BCUT2D eigenvalue weighted by atomic mass is 32.2. The zero-order valence-corrected chi connectivity index (χ0v) is 20.8. The smallest absolute Gasteiger partial charge is 0.174 e. The molecule has 1 aliphatic rings. The number of thioether (sulfide) groups is 1. The second kappa shape index (κ2) is 8.70. The second-order valence-electron chi connectivity index (χ2n) is 8.30. The molecule has 1 aromatic carbocycles. The van der Waals surface area contributed by atoms with Gasteiger partial charge in [0.15, 0.2) is 15.6 Å². The summed E-state index contributed by atoms with van der Waals surface area (Å²) in [7, 11) is -3.00. The number of sulfone groups is 1. The summed E-state index contributed by atoms with van der Waals surface area (Å²) in [6, 6.07) is 14.0. The fourth-order valence-corrected chi connectivity index (χ4v) is 8.13. The van der Waals surface area contributed by atoms with Crippen molar-refractivity contribution in [1.82, 2.24) is 14.5 Å². The molecule has 0 N–H and O–H groups in total. The Hall–Kier alpha value is -2.49. The fourth-order valence-electron chi connectivity index (χ4n) is 4.51. The van der Waals surface area contributed by atoms with Crippen LogP contribution in [0.15, 0.2) is 53.8 Å². The van der Waals surface area contributed by atoms with Crippen LogP contribution in [-0.2, 0) is 9.84 Å². The molecule has 1 fully saturated rings. The summed E-state index contributed by atoms with van der Waals surface area (Å²) < 4.78 is 25.9. The van der Waals surface area contributed by atoms with E-state index >= 15 is 0 Å². The molecular formula is C24H23N3O3S3. The number of carbonyl (C=O) groups is 1. The maximum atomic E-state index is 13.1. The number of aryl methyl sites for hydroxylation is 1. The molecule has 0 radical (unpaired) electrons. The second-order valence-corrected chi connectivity index (χ2v) is 12.5. The van der Waals surface area contributed by atoms with Crippen LogP contribution in [0.5, 0.6) is 0 Å². The van der Waals surface area contributed by atoms with Gasteiger partial charge in [-0.3, -0.25) is 4.79 Å². The minimum atomic E-state index is -3.00. The third-order valence-corrected chi connectivity index (χ3v) is 9.90. The molecule has 1 atom stereocenters. The number of benzene rings is 1. The lowest BCUT2D eigenvalue weighted by atomic mass is 10.2. The topological polar surface area (TPSA) is 81.9 Å². The molecule has 0 spiro atoms.